The molecule has 74 valence electrons. The Morgan fingerprint density at radius 2 is 1.87 bits per heavy atom. The first-order chi connectivity index (χ1) is 7.31. The Hall–Kier alpha value is -2.10. The zero-order valence-corrected chi connectivity index (χ0v) is 7.72. The molecule has 0 atom stereocenters. The van der Waals surface area contributed by atoms with Crippen LogP contribution in [0.5, 0.6) is 0 Å². The predicted octanol–water partition coefficient (Wildman–Crippen LogP) is 2.10. The Bertz CT molecular complexity index is 485. The maximum atomic E-state index is 13.0. The normalized spacial score (nSPS) is 9.93. The van der Waals surface area contributed by atoms with Crippen molar-refractivity contribution in [3.63, 3.8) is 0 Å². The van der Waals surface area contributed by atoms with Gasteiger partial charge in [0.25, 0.3) is 0 Å². The molecule has 0 saturated carbocycles. The van der Waals surface area contributed by atoms with Crippen LogP contribution in [0.2, 0.25) is 0 Å². The molecular weight excluding hydrogens is 195 g/mol. The molecule has 2 rings (SSSR count). The molecule has 1 aromatic heterocycles. The van der Waals surface area contributed by atoms with E-state index in [9.17, 15) is 9.18 Å². The number of hydrogen-bond acceptors (Lipinski definition) is 3. The Labute approximate surface area is 85.6 Å². The highest BCUT2D eigenvalue weighted by Gasteiger charge is 2.04. The smallest absolute Gasteiger partial charge is 0.153 e. The number of benzene rings is 1. The lowest BCUT2D eigenvalue weighted by atomic mass is 10.1. The predicted molar refractivity (Wildman–Crippen MR) is 52.8 cm³/mol. The number of nitrogens with zero attached hydrogens (tertiary/aromatic N) is 2. The number of aldehydes is 1. The van der Waals surface area contributed by atoms with Gasteiger partial charge in [-0.2, -0.15) is 0 Å². The molecule has 0 bridgehead atoms. The fourth-order valence-corrected chi connectivity index (χ4v) is 1.26. The van der Waals surface area contributed by atoms with E-state index in [4.69, 9.17) is 0 Å². The van der Waals surface area contributed by atoms with Crippen molar-refractivity contribution >= 4 is 6.29 Å². The highest BCUT2D eigenvalue weighted by Crippen LogP contribution is 2.19. The number of carbonyl (C=O) groups excluding carboxylic acids is 1. The summed E-state index contributed by atoms with van der Waals surface area (Å²) in [6.07, 6.45) is 5.11. The van der Waals surface area contributed by atoms with Gasteiger partial charge in [0.15, 0.2) is 6.29 Å². The molecule has 0 fully saturated rings. The number of halogens is 1. The average molecular weight is 202 g/mol. The monoisotopic (exact) mass is 202 g/mol. The van der Waals surface area contributed by atoms with Crippen molar-refractivity contribution < 1.29 is 9.18 Å². The lowest BCUT2D eigenvalue weighted by Gasteiger charge is -2.01. The van der Waals surface area contributed by atoms with Crippen LogP contribution >= 0.6 is 0 Å². The molecule has 4 heteroatoms. The first-order valence-corrected chi connectivity index (χ1v) is 4.31. The van der Waals surface area contributed by atoms with Gasteiger partial charge >= 0.3 is 0 Å². The van der Waals surface area contributed by atoms with E-state index in [2.05, 4.69) is 9.97 Å². The number of aromatic nitrogens is 2. The van der Waals surface area contributed by atoms with Crippen molar-refractivity contribution in [3.05, 3.63) is 48.3 Å². The molecule has 0 aliphatic rings. The number of hydrogen-bond donors (Lipinski definition) is 0. The van der Waals surface area contributed by atoms with Crippen molar-refractivity contribution in [2.45, 2.75) is 0 Å². The molecule has 0 amide bonds. The molecule has 15 heavy (non-hydrogen) atoms. The third-order valence-corrected chi connectivity index (χ3v) is 2.02. The maximum Gasteiger partial charge on any atom is 0.153 e. The summed E-state index contributed by atoms with van der Waals surface area (Å²) < 4.78 is 13.0. The van der Waals surface area contributed by atoms with Crippen molar-refractivity contribution in [1.82, 2.24) is 9.97 Å². The fraction of sp³-hybridized carbons (Fsp3) is 0. The fourth-order valence-electron chi connectivity index (χ4n) is 1.26. The van der Waals surface area contributed by atoms with Gasteiger partial charge in [0.05, 0.1) is 5.56 Å². The third kappa shape index (κ3) is 1.88. The number of rotatable bonds is 2. The summed E-state index contributed by atoms with van der Waals surface area (Å²) in [5.41, 5.74) is 1.51. The molecule has 0 unspecified atom stereocenters. The standard InChI is InChI=1S/C11H7FN2O/c12-11-2-1-8(3-9(11)6-15)10-4-13-7-14-5-10/h1-7H. The molecule has 2 aromatic rings. The Morgan fingerprint density at radius 1 is 1.13 bits per heavy atom. The summed E-state index contributed by atoms with van der Waals surface area (Å²) in [5.74, 6) is -0.523. The maximum absolute atomic E-state index is 13.0. The molecular formula is C11H7FN2O. The van der Waals surface area contributed by atoms with Gasteiger partial charge in [0.2, 0.25) is 0 Å². The number of carbonyl (C=O) groups is 1. The third-order valence-electron chi connectivity index (χ3n) is 2.02. The van der Waals surface area contributed by atoms with Crippen LogP contribution in [-0.2, 0) is 0 Å². The minimum absolute atomic E-state index is 0.0383. The van der Waals surface area contributed by atoms with E-state index in [-0.39, 0.29) is 5.56 Å². The van der Waals surface area contributed by atoms with Gasteiger partial charge in [0, 0.05) is 18.0 Å². The SMILES string of the molecule is O=Cc1cc(-c2cncnc2)ccc1F. The van der Waals surface area contributed by atoms with Crippen molar-refractivity contribution in [1.29, 1.82) is 0 Å². The molecule has 0 aliphatic carbocycles. The molecule has 0 aliphatic heterocycles. The highest BCUT2D eigenvalue weighted by molar-refractivity contribution is 5.79. The van der Waals surface area contributed by atoms with E-state index in [1.165, 1.54) is 18.5 Å². The molecule has 0 N–H and O–H groups in total. The quantitative estimate of drug-likeness (QED) is 0.700. The van der Waals surface area contributed by atoms with Gasteiger partial charge in [-0.25, -0.2) is 14.4 Å². The molecule has 0 spiro atoms. The second kappa shape index (κ2) is 3.96. The first kappa shape index (κ1) is 9.45. The Kier molecular flexibility index (Phi) is 2.49. The van der Waals surface area contributed by atoms with Crippen molar-refractivity contribution in [2.75, 3.05) is 0 Å². The molecule has 3 nitrogen and oxygen atoms in total. The van der Waals surface area contributed by atoms with E-state index >= 15 is 0 Å². The van der Waals surface area contributed by atoms with E-state index in [0.717, 1.165) is 11.1 Å². The van der Waals surface area contributed by atoms with E-state index in [1.807, 2.05) is 0 Å². The second-order valence-corrected chi connectivity index (χ2v) is 2.98. The van der Waals surface area contributed by atoms with Crippen molar-refractivity contribution in [2.24, 2.45) is 0 Å². The molecule has 1 aromatic carbocycles. The van der Waals surface area contributed by atoms with Gasteiger partial charge in [-0.05, 0) is 17.7 Å². The van der Waals surface area contributed by atoms with Crippen LogP contribution in [0.15, 0.2) is 36.9 Å². The summed E-state index contributed by atoms with van der Waals surface area (Å²) >= 11 is 0. The average Bonchev–Trinajstić information content (AvgIpc) is 2.31. The minimum atomic E-state index is -0.523. The summed E-state index contributed by atoms with van der Waals surface area (Å²) in [7, 11) is 0. The second-order valence-electron chi connectivity index (χ2n) is 2.98. The van der Waals surface area contributed by atoms with Crippen LogP contribution < -0.4 is 0 Å². The molecule has 0 saturated heterocycles. The molecule has 0 radical (unpaired) electrons. The summed E-state index contributed by atoms with van der Waals surface area (Å²) in [5, 5.41) is 0. The summed E-state index contributed by atoms with van der Waals surface area (Å²) in [6.45, 7) is 0. The lowest BCUT2D eigenvalue weighted by Crippen LogP contribution is -1.89. The lowest BCUT2D eigenvalue weighted by molar-refractivity contribution is 0.112. The van der Waals surface area contributed by atoms with Crippen LogP contribution in [0.4, 0.5) is 4.39 Å². The van der Waals surface area contributed by atoms with Crippen LogP contribution in [0.3, 0.4) is 0 Å². The van der Waals surface area contributed by atoms with Crippen LogP contribution in [0.1, 0.15) is 10.4 Å². The summed E-state index contributed by atoms with van der Waals surface area (Å²) in [6, 6.07) is 4.31. The zero-order chi connectivity index (χ0) is 10.7. The molecule has 1 heterocycles. The topological polar surface area (TPSA) is 42.9 Å². The Balaban J connectivity index is 2.51. The van der Waals surface area contributed by atoms with Gasteiger partial charge in [0.1, 0.15) is 12.1 Å². The largest absolute Gasteiger partial charge is 0.298 e. The van der Waals surface area contributed by atoms with Crippen LogP contribution in [-0.4, -0.2) is 16.3 Å². The minimum Gasteiger partial charge on any atom is -0.298 e. The van der Waals surface area contributed by atoms with E-state index in [0.29, 0.717) is 6.29 Å². The van der Waals surface area contributed by atoms with Gasteiger partial charge < -0.3 is 0 Å². The van der Waals surface area contributed by atoms with Gasteiger partial charge in [-0.15, -0.1) is 0 Å². The highest BCUT2D eigenvalue weighted by atomic mass is 19.1. The van der Waals surface area contributed by atoms with Crippen LogP contribution in [0, 0.1) is 5.82 Å². The first-order valence-electron chi connectivity index (χ1n) is 4.31. The summed E-state index contributed by atoms with van der Waals surface area (Å²) in [4.78, 5) is 18.2. The van der Waals surface area contributed by atoms with Gasteiger partial charge in [-0.3, -0.25) is 4.79 Å². The van der Waals surface area contributed by atoms with E-state index in [1.54, 1.807) is 18.5 Å². The van der Waals surface area contributed by atoms with Gasteiger partial charge in [-0.1, -0.05) is 6.07 Å². The van der Waals surface area contributed by atoms with Crippen LogP contribution in [0.25, 0.3) is 11.1 Å². The van der Waals surface area contributed by atoms with E-state index < -0.39 is 5.82 Å². The zero-order valence-electron chi connectivity index (χ0n) is 7.72. The van der Waals surface area contributed by atoms with Crippen molar-refractivity contribution in [3.8, 4) is 11.1 Å². The Morgan fingerprint density at radius 3 is 2.53 bits per heavy atom.